The van der Waals surface area contributed by atoms with Gasteiger partial charge in [0.1, 0.15) is 17.6 Å². The number of ether oxygens (including phenoxy) is 1. The number of halogens is 3. The second-order valence-corrected chi connectivity index (χ2v) is 9.02. The zero-order chi connectivity index (χ0) is 23.2. The van der Waals surface area contributed by atoms with Gasteiger partial charge in [-0.3, -0.25) is 9.59 Å². The molecule has 0 aromatic heterocycles. The third kappa shape index (κ3) is 7.71. The molecule has 0 saturated carbocycles. The molecule has 0 aliphatic rings. The highest BCUT2D eigenvalue weighted by Gasteiger charge is 2.31. The average molecular weight is 469 g/mol. The zero-order valence-corrected chi connectivity index (χ0v) is 19.6. The molecular formula is C23H27Cl2FN2O3. The molecule has 0 spiro atoms. The molecule has 168 valence electrons. The van der Waals surface area contributed by atoms with E-state index in [0.29, 0.717) is 22.8 Å². The van der Waals surface area contributed by atoms with Crippen LogP contribution in [0.15, 0.2) is 42.5 Å². The van der Waals surface area contributed by atoms with Crippen LogP contribution in [0, 0.1) is 5.82 Å². The van der Waals surface area contributed by atoms with Crippen molar-refractivity contribution in [1.82, 2.24) is 10.2 Å². The first-order chi connectivity index (χ1) is 14.5. The fraction of sp³-hybridized carbons (Fsp3) is 0.391. The van der Waals surface area contributed by atoms with Gasteiger partial charge in [-0.15, -0.1) is 0 Å². The van der Waals surface area contributed by atoms with Gasteiger partial charge in [-0.1, -0.05) is 42.3 Å². The number of benzene rings is 2. The van der Waals surface area contributed by atoms with Crippen molar-refractivity contribution in [2.24, 2.45) is 0 Å². The third-order valence-electron chi connectivity index (χ3n) is 4.40. The van der Waals surface area contributed by atoms with Gasteiger partial charge in [-0.25, -0.2) is 4.39 Å². The van der Waals surface area contributed by atoms with Crippen molar-refractivity contribution in [2.75, 3.05) is 6.61 Å². The molecule has 0 aliphatic heterocycles. The number of hydrogen-bond acceptors (Lipinski definition) is 3. The maximum Gasteiger partial charge on any atom is 0.261 e. The van der Waals surface area contributed by atoms with Crippen molar-refractivity contribution < 1.29 is 18.7 Å². The summed E-state index contributed by atoms with van der Waals surface area (Å²) in [6.45, 7) is 7.25. The summed E-state index contributed by atoms with van der Waals surface area (Å²) in [6, 6.07) is 9.78. The average Bonchev–Trinajstić information content (AvgIpc) is 2.67. The van der Waals surface area contributed by atoms with Crippen LogP contribution in [0.2, 0.25) is 10.0 Å². The number of nitrogens with zero attached hydrogens (tertiary/aromatic N) is 1. The predicted octanol–water partition coefficient (Wildman–Crippen LogP) is 5.23. The normalized spacial score (nSPS) is 12.2. The molecule has 0 radical (unpaired) electrons. The number of hydrogen-bond donors (Lipinski definition) is 1. The maximum atomic E-state index is 13.3. The molecule has 0 bridgehead atoms. The fourth-order valence-corrected chi connectivity index (χ4v) is 3.44. The van der Waals surface area contributed by atoms with E-state index in [1.807, 2.05) is 27.7 Å². The first-order valence-electron chi connectivity index (χ1n) is 9.94. The van der Waals surface area contributed by atoms with Gasteiger partial charge in [-0.2, -0.15) is 0 Å². The summed E-state index contributed by atoms with van der Waals surface area (Å²) >= 11 is 12.0. The van der Waals surface area contributed by atoms with E-state index in [-0.39, 0.29) is 29.9 Å². The van der Waals surface area contributed by atoms with Crippen LogP contribution in [0.3, 0.4) is 0 Å². The van der Waals surface area contributed by atoms with E-state index in [4.69, 9.17) is 27.9 Å². The highest BCUT2D eigenvalue weighted by molar-refractivity contribution is 6.35. The lowest BCUT2D eigenvalue weighted by atomic mass is 10.1. The van der Waals surface area contributed by atoms with E-state index in [1.165, 1.54) is 23.1 Å². The minimum atomic E-state index is -0.721. The van der Waals surface area contributed by atoms with E-state index in [2.05, 4.69) is 5.32 Å². The van der Waals surface area contributed by atoms with Crippen molar-refractivity contribution in [3.05, 3.63) is 63.9 Å². The summed E-state index contributed by atoms with van der Waals surface area (Å²) in [7, 11) is 0. The molecule has 2 aromatic rings. The summed E-state index contributed by atoms with van der Waals surface area (Å²) in [5.74, 6) is -0.727. The number of nitrogens with one attached hydrogen (secondary N) is 1. The van der Waals surface area contributed by atoms with Gasteiger partial charge < -0.3 is 15.0 Å². The van der Waals surface area contributed by atoms with Crippen molar-refractivity contribution in [3.63, 3.8) is 0 Å². The van der Waals surface area contributed by atoms with Crippen LogP contribution in [0.25, 0.3) is 0 Å². The first kappa shape index (κ1) is 25.0. The molecule has 0 fully saturated rings. The van der Waals surface area contributed by atoms with Crippen molar-refractivity contribution >= 4 is 35.0 Å². The molecule has 1 N–H and O–H groups in total. The monoisotopic (exact) mass is 468 g/mol. The Kier molecular flexibility index (Phi) is 8.71. The molecule has 0 heterocycles. The van der Waals surface area contributed by atoms with Gasteiger partial charge in [0.25, 0.3) is 5.91 Å². The Bertz CT molecular complexity index is 914. The highest BCUT2D eigenvalue weighted by atomic mass is 35.5. The Hall–Kier alpha value is -2.31. The van der Waals surface area contributed by atoms with Crippen molar-refractivity contribution in [1.29, 1.82) is 0 Å². The Morgan fingerprint density at radius 2 is 1.77 bits per heavy atom. The number of amides is 2. The fourth-order valence-electron chi connectivity index (χ4n) is 2.97. The Labute approximate surface area is 192 Å². The molecule has 0 saturated heterocycles. The SMILES string of the molecule is CCC(C(=O)NC(C)(C)C)N(Cc1ccc(F)cc1)C(=O)COc1ccc(Cl)cc1Cl. The number of carbonyl (C=O) groups is 2. The molecule has 2 amide bonds. The lowest BCUT2D eigenvalue weighted by Crippen LogP contribution is -2.54. The Morgan fingerprint density at radius 1 is 1.13 bits per heavy atom. The molecule has 5 nitrogen and oxygen atoms in total. The van der Waals surface area contributed by atoms with Crippen molar-refractivity contribution in [2.45, 2.75) is 52.2 Å². The summed E-state index contributed by atoms with van der Waals surface area (Å²) in [5.41, 5.74) is 0.240. The van der Waals surface area contributed by atoms with E-state index in [0.717, 1.165) is 0 Å². The second-order valence-electron chi connectivity index (χ2n) is 8.17. The van der Waals surface area contributed by atoms with Gasteiger partial charge in [0, 0.05) is 17.1 Å². The van der Waals surface area contributed by atoms with Crippen LogP contribution in [-0.4, -0.2) is 34.9 Å². The largest absolute Gasteiger partial charge is 0.482 e. The molecule has 8 heteroatoms. The van der Waals surface area contributed by atoms with Crippen LogP contribution >= 0.6 is 23.2 Å². The van der Waals surface area contributed by atoms with Gasteiger partial charge >= 0.3 is 0 Å². The van der Waals surface area contributed by atoms with E-state index in [9.17, 15) is 14.0 Å². The maximum absolute atomic E-state index is 13.3. The van der Waals surface area contributed by atoms with Gasteiger partial charge in [0.15, 0.2) is 6.61 Å². The number of carbonyl (C=O) groups excluding carboxylic acids is 2. The minimum Gasteiger partial charge on any atom is -0.482 e. The van der Waals surface area contributed by atoms with Crippen LogP contribution in [0.4, 0.5) is 4.39 Å². The third-order valence-corrected chi connectivity index (χ3v) is 4.93. The lowest BCUT2D eigenvalue weighted by Gasteiger charge is -2.33. The molecule has 1 unspecified atom stereocenters. The van der Waals surface area contributed by atoms with E-state index in [1.54, 1.807) is 24.3 Å². The quantitative estimate of drug-likeness (QED) is 0.576. The molecule has 2 rings (SSSR count). The standard InChI is InChI=1S/C23H27Cl2FN2O3/c1-5-19(22(30)27-23(2,3)4)28(13-15-6-9-17(26)10-7-15)21(29)14-31-20-11-8-16(24)12-18(20)25/h6-12,19H,5,13-14H2,1-4H3,(H,27,30). The molecular weight excluding hydrogens is 442 g/mol. The number of rotatable bonds is 8. The van der Waals surface area contributed by atoms with Crippen LogP contribution in [0.5, 0.6) is 5.75 Å². The van der Waals surface area contributed by atoms with E-state index < -0.39 is 17.5 Å². The smallest absolute Gasteiger partial charge is 0.261 e. The molecule has 2 aromatic carbocycles. The van der Waals surface area contributed by atoms with Gasteiger partial charge in [0.05, 0.1) is 5.02 Å². The summed E-state index contributed by atoms with van der Waals surface area (Å²) < 4.78 is 18.9. The van der Waals surface area contributed by atoms with Crippen molar-refractivity contribution in [3.8, 4) is 5.75 Å². The summed E-state index contributed by atoms with van der Waals surface area (Å²) in [4.78, 5) is 27.5. The highest BCUT2D eigenvalue weighted by Crippen LogP contribution is 2.27. The van der Waals surface area contributed by atoms with Crippen LogP contribution < -0.4 is 10.1 Å². The van der Waals surface area contributed by atoms with E-state index >= 15 is 0 Å². The molecule has 31 heavy (non-hydrogen) atoms. The lowest BCUT2D eigenvalue weighted by molar-refractivity contribution is -0.143. The predicted molar refractivity (Wildman–Crippen MR) is 121 cm³/mol. The van der Waals surface area contributed by atoms with Gasteiger partial charge in [-0.05, 0) is 63.1 Å². The Balaban J connectivity index is 2.24. The molecule has 0 aliphatic carbocycles. The summed E-state index contributed by atoms with van der Waals surface area (Å²) in [5, 5.41) is 3.65. The van der Waals surface area contributed by atoms with Crippen LogP contribution in [0.1, 0.15) is 39.7 Å². The van der Waals surface area contributed by atoms with Crippen LogP contribution in [-0.2, 0) is 16.1 Å². The molecule has 1 atom stereocenters. The zero-order valence-electron chi connectivity index (χ0n) is 18.0. The minimum absolute atomic E-state index is 0.132. The summed E-state index contributed by atoms with van der Waals surface area (Å²) in [6.07, 6.45) is 0.399. The Morgan fingerprint density at radius 3 is 2.32 bits per heavy atom. The van der Waals surface area contributed by atoms with Gasteiger partial charge in [0.2, 0.25) is 5.91 Å². The second kappa shape index (κ2) is 10.8. The first-order valence-corrected chi connectivity index (χ1v) is 10.7. The topological polar surface area (TPSA) is 58.6 Å².